The topological polar surface area (TPSA) is 52.7 Å². The number of aryl methyl sites for hydroxylation is 1. The summed E-state index contributed by atoms with van der Waals surface area (Å²) in [5, 5.41) is 1.20. The van der Waals surface area contributed by atoms with E-state index in [0.717, 1.165) is 69.3 Å². The summed E-state index contributed by atoms with van der Waals surface area (Å²) in [6.45, 7) is 6.53. The lowest BCUT2D eigenvalue weighted by atomic mass is 10.1. The third kappa shape index (κ3) is 3.42. The number of benzene rings is 1. The fourth-order valence-electron chi connectivity index (χ4n) is 4.38. The molecule has 148 valence electrons. The van der Waals surface area contributed by atoms with Crippen molar-refractivity contribution in [2.24, 2.45) is 0 Å². The normalized spacial score (nSPS) is 21.5. The quantitative estimate of drug-likeness (QED) is 0.670. The van der Waals surface area contributed by atoms with Gasteiger partial charge in [0, 0.05) is 37.8 Å². The number of piperidine rings is 1. The van der Waals surface area contributed by atoms with Crippen molar-refractivity contribution in [2.75, 3.05) is 26.3 Å². The van der Waals surface area contributed by atoms with Gasteiger partial charge in [-0.2, -0.15) is 0 Å². The Hall–Kier alpha value is -2.31. The third-order valence-electron chi connectivity index (χ3n) is 6.07. The Balaban J connectivity index is 1.24. The van der Waals surface area contributed by atoms with Crippen LogP contribution in [0.1, 0.15) is 36.8 Å². The maximum atomic E-state index is 6.45. The highest BCUT2D eigenvalue weighted by molar-refractivity contribution is 5.86. The van der Waals surface area contributed by atoms with E-state index in [4.69, 9.17) is 13.9 Å². The van der Waals surface area contributed by atoms with Crippen LogP contribution in [-0.4, -0.2) is 46.9 Å². The minimum atomic E-state index is 0.262. The minimum Gasteiger partial charge on any atom is -0.490 e. The highest BCUT2D eigenvalue weighted by Gasteiger charge is 2.24. The number of fused-ring (bicyclic) bond motifs is 1. The second kappa shape index (κ2) is 7.60. The number of hydrogen-bond acceptors (Lipinski definition) is 5. The van der Waals surface area contributed by atoms with Crippen molar-refractivity contribution in [3.63, 3.8) is 0 Å². The summed E-state index contributed by atoms with van der Waals surface area (Å²) in [6, 6.07) is 9.01. The van der Waals surface area contributed by atoms with Gasteiger partial charge in [-0.3, -0.25) is 4.90 Å². The predicted octanol–water partition coefficient (Wildman–Crippen LogP) is 3.94. The summed E-state index contributed by atoms with van der Waals surface area (Å²) in [6.07, 6.45) is 7.12. The van der Waals surface area contributed by atoms with Crippen molar-refractivity contribution in [1.29, 1.82) is 0 Å². The van der Waals surface area contributed by atoms with Crippen molar-refractivity contribution in [3.8, 4) is 5.75 Å². The van der Waals surface area contributed by atoms with Crippen LogP contribution in [0, 0.1) is 6.92 Å². The first-order valence-electron chi connectivity index (χ1n) is 10.2. The van der Waals surface area contributed by atoms with Crippen LogP contribution in [0.25, 0.3) is 10.9 Å². The molecule has 6 heteroatoms. The molecule has 1 atom stereocenters. The molecule has 1 aromatic carbocycles. The van der Waals surface area contributed by atoms with Gasteiger partial charge in [-0.15, -0.1) is 0 Å². The average molecular weight is 381 g/mol. The Morgan fingerprint density at radius 2 is 2.07 bits per heavy atom. The van der Waals surface area contributed by atoms with Crippen LogP contribution in [0.2, 0.25) is 0 Å². The van der Waals surface area contributed by atoms with Crippen LogP contribution in [-0.2, 0) is 11.3 Å². The summed E-state index contributed by atoms with van der Waals surface area (Å²) in [5.41, 5.74) is 2.29. The van der Waals surface area contributed by atoms with Gasteiger partial charge in [-0.25, -0.2) is 4.98 Å². The van der Waals surface area contributed by atoms with Crippen molar-refractivity contribution in [3.05, 3.63) is 48.3 Å². The van der Waals surface area contributed by atoms with Crippen LogP contribution < -0.4 is 4.74 Å². The standard InChI is InChI=1S/C22H27N3O3/c1-16-20(23-15-27-16)13-24-9-5-18(6-10-24)28-22-4-2-3-21-19(22)7-11-25(21)17-8-12-26-14-17/h2-4,7,11,15,17-18H,5-6,8-10,12-14H2,1H3. The summed E-state index contributed by atoms with van der Waals surface area (Å²) < 4.78 is 19.7. The number of rotatable bonds is 5. The summed E-state index contributed by atoms with van der Waals surface area (Å²) in [7, 11) is 0. The van der Waals surface area contributed by atoms with Gasteiger partial charge in [0.1, 0.15) is 17.6 Å². The molecule has 2 fully saturated rings. The maximum absolute atomic E-state index is 6.45. The van der Waals surface area contributed by atoms with E-state index in [9.17, 15) is 0 Å². The zero-order valence-electron chi connectivity index (χ0n) is 16.3. The smallest absolute Gasteiger partial charge is 0.181 e. The van der Waals surface area contributed by atoms with Crippen molar-refractivity contribution in [2.45, 2.75) is 44.9 Å². The van der Waals surface area contributed by atoms with Gasteiger partial charge in [0.15, 0.2) is 6.39 Å². The molecule has 6 nitrogen and oxygen atoms in total. The lowest BCUT2D eigenvalue weighted by molar-refractivity contribution is 0.0971. The number of aromatic nitrogens is 2. The molecular weight excluding hydrogens is 354 g/mol. The molecule has 2 saturated heterocycles. The van der Waals surface area contributed by atoms with E-state index in [1.54, 1.807) is 0 Å². The molecule has 28 heavy (non-hydrogen) atoms. The molecule has 0 saturated carbocycles. The van der Waals surface area contributed by atoms with Crippen molar-refractivity contribution < 1.29 is 13.9 Å². The number of ether oxygens (including phenoxy) is 2. The zero-order chi connectivity index (χ0) is 18.9. The molecule has 2 aliphatic rings. The molecule has 2 aliphatic heterocycles. The van der Waals surface area contributed by atoms with Crippen molar-refractivity contribution in [1.82, 2.24) is 14.5 Å². The van der Waals surface area contributed by atoms with E-state index in [2.05, 4.69) is 44.9 Å². The maximum Gasteiger partial charge on any atom is 0.181 e. The lowest BCUT2D eigenvalue weighted by Crippen LogP contribution is -2.38. The Labute approximate surface area is 165 Å². The Kier molecular flexibility index (Phi) is 4.82. The molecule has 5 rings (SSSR count). The van der Waals surface area contributed by atoms with Crippen LogP contribution in [0.5, 0.6) is 5.75 Å². The Bertz CT molecular complexity index is 934. The highest BCUT2D eigenvalue weighted by Crippen LogP contribution is 2.32. The monoisotopic (exact) mass is 381 g/mol. The molecule has 0 aliphatic carbocycles. The second-order valence-corrected chi connectivity index (χ2v) is 7.88. The van der Waals surface area contributed by atoms with Gasteiger partial charge >= 0.3 is 0 Å². The van der Waals surface area contributed by atoms with Crippen molar-refractivity contribution >= 4 is 10.9 Å². The number of oxazole rings is 1. The minimum absolute atomic E-state index is 0.262. The third-order valence-corrected chi connectivity index (χ3v) is 6.07. The second-order valence-electron chi connectivity index (χ2n) is 7.88. The predicted molar refractivity (Wildman–Crippen MR) is 107 cm³/mol. The number of likely N-dealkylation sites (tertiary alicyclic amines) is 1. The first kappa shape index (κ1) is 17.8. The van der Waals surface area contributed by atoms with Gasteiger partial charge in [0.2, 0.25) is 0 Å². The first-order valence-corrected chi connectivity index (χ1v) is 10.2. The van der Waals surface area contributed by atoms with E-state index in [0.29, 0.717) is 6.04 Å². The van der Waals surface area contributed by atoms with E-state index >= 15 is 0 Å². The van der Waals surface area contributed by atoms with E-state index in [-0.39, 0.29) is 6.10 Å². The van der Waals surface area contributed by atoms with E-state index < -0.39 is 0 Å². The number of hydrogen-bond donors (Lipinski definition) is 0. The highest BCUT2D eigenvalue weighted by atomic mass is 16.5. The van der Waals surface area contributed by atoms with E-state index in [1.807, 2.05) is 6.92 Å². The van der Waals surface area contributed by atoms with Gasteiger partial charge < -0.3 is 18.5 Å². The zero-order valence-corrected chi connectivity index (χ0v) is 16.3. The first-order chi connectivity index (χ1) is 13.8. The summed E-state index contributed by atoms with van der Waals surface area (Å²) in [5.74, 6) is 1.92. The molecule has 2 aromatic heterocycles. The summed E-state index contributed by atoms with van der Waals surface area (Å²) >= 11 is 0. The molecule has 0 N–H and O–H groups in total. The van der Waals surface area contributed by atoms with Gasteiger partial charge in [-0.05, 0) is 44.4 Å². The molecular formula is C22H27N3O3. The SMILES string of the molecule is Cc1ocnc1CN1CCC(Oc2cccc3c2ccn3C2CCOC2)CC1. The molecule has 4 heterocycles. The number of nitrogens with zero attached hydrogens (tertiary/aromatic N) is 3. The average Bonchev–Trinajstić information content (AvgIpc) is 3.45. The van der Waals surface area contributed by atoms with E-state index in [1.165, 1.54) is 17.3 Å². The molecule has 0 spiro atoms. The van der Waals surface area contributed by atoms with Crippen LogP contribution in [0.15, 0.2) is 41.3 Å². The van der Waals surface area contributed by atoms with Gasteiger partial charge in [0.05, 0.1) is 23.9 Å². The van der Waals surface area contributed by atoms with Gasteiger partial charge in [-0.1, -0.05) is 6.07 Å². The molecule has 1 unspecified atom stereocenters. The Morgan fingerprint density at radius 3 is 2.82 bits per heavy atom. The fourth-order valence-corrected chi connectivity index (χ4v) is 4.38. The lowest BCUT2D eigenvalue weighted by Gasteiger charge is -2.31. The summed E-state index contributed by atoms with van der Waals surface area (Å²) in [4.78, 5) is 6.75. The largest absolute Gasteiger partial charge is 0.490 e. The molecule has 3 aromatic rings. The Morgan fingerprint density at radius 1 is 1.18 bits per heavy atom. The van der Waals surface area contributed by atoms with Gasteiger partial charge in [0.25, 0.3) is 0 Å². The van der Waals surface area contributed by atoms with Crippen LogP contribution in [0.3, 0.4) is 0 Å². The molecule has 0 bridgehead atoms. The molecule has 0 radical (unpaired) electrons. The van der Waals surface area contributed by atoms with Crippen LogP contribution >= 0.6 is 0 Å². The fraction of sp³-hybridized carbons (Fsp3) is 0.500. The van der Waals surface area contributed by atoms with Crippen LogP contribution in [0.4, 0.5) is 0 Å². The molecule has 0 amide bonds.